The molecule has 0 bridgehead atoms. The first-order valence-corrected chi connectivity index (χ1v) is 11.5. The zero-order valence-corrected chi connectivity index (χ0v) is 19.5. The molecule has 7 nitrogen and oxygen atoms in total. The SMILES string of the molecule is Cc1cc(C)c2c(N)c(C(=O)NN=Cc3cn(-c4ccccc4)nc3-c3ccccc3)sc2n1. The highest BCUT2D eigenvalue weighted by molar-refractivity contribution is 7.21. The molecule has 3 heterocycles. The number of hydrogen-bond donors (Lipinski definition) is 2. The van der Waals surface area contributed by atoms with Crippen LogP contribution in [0.4, 0.5) is 5.69 Å². The Morgan fingerprint density at radius 2 is 1.79 bits per heavy atom. The van der Waals surface area contributed by atoms with Gasteiger partial charge in [0.25, 0.3) is 5.91 Å². The molecule has 0 spiro atoms. The topological polar surface area (TPSA) is 98.2 Å². The molecule has 34 heavy (non-hydrogen) atoms. The van der Waals surface area contributed by atoms with E-state index in [9.17, 15) is 4.79 Å². The van der Waals surface area contributed by atoms with Crippen molar-refractivity contribution in [3.8, 4) is 16.9 Å². The zero-order chi connectivity index (χ0) is 23.7. The second-order valence-corrected chi connectivity index (χ2v) is 8.88. The van der Waals surface area contributed by atoms with E-state index in [0.29, 0.717) is 10.6 Å². The van der Waals surface area contributed by atoms with Crippen LogP contribution in [0.25, 0.3) is 27.2 Å². The molecule has 0 saturated heterocycles. The number of hydrogen-bond acceptors (Lipinski definition) is 6. The monoisotopic (exact) mass is 466 g/mol. The number of nitrogens with two attached hydrogens (primary N) is 1. The highest BCUT2D eigenvalue weighted by Gasteiger charge is 2.19. The van der Waals surface area contributed by atoms with Crippen molar-refractivity contribution in [2.45, 2.75) is 13.8 Å². The molecule has 0 aliphatic heterocycles. The van der Waals surface area contributed by atoms with Gasteiger partial charge in [-0.15, -0.1) is 11.3 Å². The maximum absolute atomic E-state index is 12.9. The standard InChI is InChI=1S/C26H22N6OS/c1-16-13-17(2)29-26-21(16)22(27)24(34-26)25(33)30-28-14-19-15-32(20-11-7-4-8-12-20)31-23(19)18-9-5-3-6-10-18/h3-15H,27H2,1-2H3,(H,30,33). The first-order chi connectivity index (χ1) is 16.5. The van der Waals surface area contributed by atoms with Gasteiger partial charge >= 0.3 is 0 Å². The van der Waals surface area contributed by atoms with Gasteiger partial charge in [-0.25, -0.2) is 15.1 Å². The molecule has 0 aliphatic rings. The molecule has 168 valence electrons. The van der Waals surface area contributed by atoms with Crippen molar-refractivity contribution in [1.82, 2.24) is 20.2 Å². The van der Waals surface area contributed by atoms with Crippen LogP contribution in [0, 0.1) is 13.8 Å². The first-order valence-electron chi connectivity index (χ1n) is 10.7. The summed E-state index contributed by atoms with van der Waals surface area (Å²) >= 11 is 1.27. The van der Waals surface area contributed by atoms with E-state index < -0.39 is 0 Å². The molecular weight excluding hydrogens is 444 g/mol. The Balaban J connectivity index is 1.45. The van der Waals surface area contributed by atoms with Gasteiger partial charge in [0.15, 0.2) is 0 Å². The summed E-state index contributed by atoms with van der Waals surface area (Å²) in [6, 6.07) is 21.6. The smallest absolute Gasteiger partial charge is 0.283 e. The summed E-state index contributed by atoms with van der Waals surface area (Å²) in [7, 11) is 0. The molecule has 0 saturated carbocycles. The average molecular weight is 467 g/mol. The number of hydrazone groups is 1. The highest BCUT2D eigenvalue weighted by atomic mass is 32.1. The van der Waals surface area contributed by atoms with Gasteiger partial charge < -0.3 is 5.73 Å². The number of rotatable bonds is 5. The summed E-state index contributed by atoms with van der Waals surface area (Å²) in [6.45, 7) is 3.89. The number of thiophene rings is 1. The van der Waals surface area contributed by atoms with Crippen LogP contribution in [-0.2, 0) is 0 Å². The number of fused-ring (bicyclic) bond motifs is 1. The lowest BCUT2D eigenvalue weighted by Crippen LogP contribution is -2.17. The number of carbonyl (C=O) groups is 1. The molecule has 0 aliphatic carbocycles. The van der Waals surface area contributed by atoms with Crippen LogP contribution in [0.2, 0.25) is 0 Å². The van der Waals surface area contributed by atoms with E-state index in [2.05, 4.69) is 15.5 Å². The maximum Gasteiger partial charge on any atom is 0.283 e. The Morgan fingerprint density at radius 1 is 1.09 bits per heavy atom. The van der Waals surface area contributed by atoms with Crippen molar-refractivity contribution in [1.29, 1.82) is 0 Å². The Labute approximate surface area is 200 Å². The zero-order valence-electron chi connectivity index (χ0n) is 18.7. The van der Waals surface area contributed by atoms with E-state index in [1.807, 2.05) is 86.8 Å². The van der Waals surface area contributed by atoms with E-state index in [-0.39, 0.29) is 5.91 Å². The van der Waals surface area contributed by atoms with Crippen LogP contribution in [0.15, 0.2) is 78.0 Å². The number of pyridine rings is 1. The molecule has 5 aromatic rings. The fourth-order valence-electron chi connectivity index (χ4n) is 3.86. The van der Waals surface area contributed by atoms with E-state index in [1.165, 1.54) is 11.3 Å². The second-order valence-electron chi connectivity index (χ2n) is 7.88. The molecule has 5 rings (SSSR count). The number of anilines is 1. The van der Waals surface area contributed by atoms with Gasteiger partial charge in [-0.1, -0.05) is 48.5 Å². The quantitative estimate of drug-likeness (QED) is 0.278. The third-order valence-corrected chi connectivity index (χ3v) is 6.51. The number of aryl methyl sites for hydroxylation is 2. The van der Waals surface area contributed by atoms with Crippen LogP contribution in [-0.4, -0.2) is 26.9 Å². The van der Waals surface area contributed by atoms with E-state index in [0.717, 1.165) is 44.0 Å². The van der Waals surface area contributed by atoms with Crippen molar-refractivity contribution < 1.29 is 4.79 Å². The molecule has 0 radical (unpaired) electrons. The van der Waals surface area contributed by atoms with Crippen LogP contribution in [0.5, 0.6) is 0 Å². The Morgan fingerprint density at radius 3 is 2.53 bits per heavy atom. The minimum Gasteiger partial charge on any atom is -0.397 e. The van der Waals surface area contributed by atoms with Gasteiger partial charge in [0.05, 0.1) is 17.6 Å². The van der Waals surface area contributed by atoms with E-state index in [4.69, 9.17) is 10.8 Å². The minimum absolute atomic E-state index is 0.370. The molecule has 0 atom stereocenters. The third-order valence-electron chi connectivity index (χ3n) is 5.41. The lowest BCUT2D eigenvalue weighted by atomic mass is 10.1. The summed E-state index contributed by atoms with van der Waals surface area (Å²) in [5.41, 5.74) is 14.6. The first kappa shape index (κ1) is 21.5. The summed E-state index contributed by atoms with van der Waals surface area (Å²) in [5, 5.41) is 9.79. The number of amides is 1. The number of aromatic nitrogens is 3. The van der Waals surface area contributed by atoms with E-state index >= 15 is 0 Å². The lowest BCUT2D eigenvalue weighted by molar-refractivity contribution is 0.0960. The second kappa shape index (κ2) is 8.92. The van der Waals surface area contributed by atoms with Crippen LogP contribution >= 0.6 is 11.3 Å². The summed E-state index contributed by atoms with van der Waals surface area (Å²) in [6.07, 6.45) is 3.49. The average Bonchev–Trinajstić information content (AvgIpc) is 3.41. The molecular formula is C26H22N6OS. The normalized spacial score (nSPS) is 11.4. The van der Waals surface area contributed by atoms with Crippen molar-refractivity contribution in [3.05, 3.63) is 94.6 Å². The summed E-state index contributed by atoms with van der Waals surface area (Å²) < 4.78 is 1.80. The van der Waals surface area contributed by atoms with Gasteiger partial charge in [0.2, 0.25) is 0 Å². The fourth-order valence-corrected chi connectivity index (χ4v) is 4.97. The summed E-state index contributed by atoms with van der Waals surface area (Å²) in [4.78, 5) is 18.5. The van der Waals surface area contributed by atoms with Crippen molar-refractivity contribution >= 4 is 39.4 Å². The van der Waals surface area contributed by atoms with Crippen LogP contribution in [0.3, 0.4) is 0 Å². The van der Waals surface area contributed by atoms with Crippen molar-refractivity contribution in [2.24, 2.45) is 5.10 Å². The molecule has 3 N–H and O–H groups in total. The van der Waals surface area contributed by atoms with Gasteiger partial charge in [-0.05, 0) is 37.6 Å². The highest BCUT2D eigenvalue weighted by Crippen LogP contribution is 2.34. The fraction of sp³-hybridized carbons (Fsp3) is 0.0769. The number of para-hydroxylation sites is 1. The van der Waals surface area contributed by atoms with Gasteiger partial charge in [0, 0.05) is 28.4 Å². The number of nitrogens with zero attached hydrogens (tertiary/aromatic N) is 4. The molecule has 1 amide bonds. The maximum atomic E-state index is 12.9. The number of nitrogens with one attached hydrogen (secondary N) is 1. The van der Waals surface area contributed by atoms with Crippen molar-refractivity contribution in [3.63, 3.8) is 0 Å². The van der Waals surface area contributed by atoms with Crippen molar-refractivity contribution in [2.75, 3.05) is 5.73 Å². The minimum atomic E-state index is -0.370. The predicted molar refractivity (Wildman–Crippen MR) is 138 cm³/mol. The Hall–Kier alpha value is -4.30. The number of nitrogen functional groups attached to an aromatic ring is 1. The molecule has 3 aromatic heterocycles. The van der Waals surface area contributed by atoms with Gasteiger partial charge in [0.1, 0.15) is 15.4 Å². The third kappa shape index (κ3) is 4.06. The van der Waals surface area contributed by atoms with E-state index in [1.54, 1.807) is 10.9 Å². The number of carbonyl (C=O) groups excluding carboxylic acids is 1. The Kier molecular flexibility index (Phi) is 5.65. The van der Waals surface area contributed by atoms with Crippen LogP contribution in [0.1, 0.15) is 26.5 Å². The van der Waals surface area contributed by atoms with Gasteiger partial charge in [-0.3, -0.25) is 4.79 Å². The largest absolute Gasteiger partial charge is 0.397 e. The molecule has 2 aromatic carbocycles. The number of benzene rings is 2. The Bertz CT molecular complexity index is 1520. The summed E-state index contributed by atoms with van der Waals surface area (Å²) in [5.74, 6) is -0.370. The lowest BCUT2D eigenvalue weighted by Gasteiger charge is -2.01. The molecule has 0 fully saturated rings. The molecule has 8 heteroatoms. The molecule has 0 unspecified atom stereocenters. The predicted octanol–water partition coefficient (Wildman–Crippen LogP) is 5.11. The van der Waals surface area contributed by atoms with Crippen LogP contribution < -0.4 is 11.2 Å². The van der Waals surface area contributed by atoms with Gasteiger partial charge in [-0.2, -0.15) is 10.2 Å².